The van der Waals surface area contributed by atoms with Gasteiger partial charge in [0.1, 0.15) is 54.4 Å². The van der Waals surface area contributed by atoms with Crippen molar-refractivity contribution in [2.45, 2.75) is 148 Å². The van der Waals surface area contributed by atoms with E-state index in [9.17, 15) is 42.9 Å². The number of alkyl carbamates (subject to hydrolysis) is 2. The van der Waals surface area contributed by atoms with E-state index in [1.807, 2.05) is 0 Å². The van der Waals surface area contributed by atoms with E-state index in [1.54, 1.807) is 45.0 Å². The van der Waals surface area contributed by atoms with Gasteiger partial charge in [0.2, 0.25) is 11.8 Å². The minimum Gasteiger partial charge on any atom is -0.448 e. The lowest BCUT2D eigenvalue weighted by Gasteiger charge is -2.30. The molecular formula is C54H74F4N12O12. The molecule has 0 saturated carbocycles. The Morgan fingerprint density at radius 3 is 1.62 bits per heavy atom. The van der Waals surface area contributed by atoms with Crippen molar-refractivity contribution in [3.63, 3.8) is 0 Å². The lowest BCUT2D eigenvalue weighted by atomic mass is 9.98. The molecule has 0 radical (unpaired) electrons. The maximum absolute atomic E-state index is 15.2. The van der Waals surface area contributed by atoms with Crippen molar-refractivity contribution in [1.82, 2.24) is 50.8 Å². The smallest absolute Gasteiger partial charge is 0.448 e. The van der Waals surface area contributed by atoms with Crippen LogP contribution in [0.5, 0.6) is 5.75 Å². The number of nitrogens with zero attached hydrogens (tertiary/aromatic N) is 7. The molecule has 2 atom stereocenters. The molecule has 0 saturated heterocycles. The first-order valence-corrected chi connectivity index (χ1v) is 25.7. The number of aliphatic hydroxyl groups is 1. The summed E-state index contributed by atoms with van der Waals surface area (Å²) in [6, 6.07) is 17.4. The number of carbonyl (C=O) groups is 5. The molecule has 2 heterocycles. The number of nitro benzene ring substituents is 1. The summed E-state index contributed by atoms with van der Waals surface area (Å²) in [6.45, 7) is 10.9. The molecule has 4 amide bonds. The van der Waals surface area contributed by atoms with Crippen molar-refractivity contribution in [2.75, 3.05) is 26.4 Å². The second kappa shape index (κ2) is 31.1. The van der Waals surface area contributed by atoms with Gasteiger partial charge >= 0.3 is 18.3 Å². The predicted octanol–water partition coefficient (Wildman–Crippen LogP) is 8.31. The Balaban J connectivity index is 0.000000441. The van der Waals surface area contributed by atoms with Crippen molar-refractivity contribution < 1.29 is 70.5 Å². The number of hydrogen-bond acceptors (Lipinski definition) is 17. The Kier molecular flexibility index (Phi) is 25.8. The number of unbranched alkanes of at least 4 members (excludes halogenated alkanes) is 1. The van der Waals surface area contributed by atoms with E-state index in [2.05, 4.69) is 41.4 Å². The zero-order valence-electron chi connectivity index (χ0n) is 46.0. The summed E-state index contributed by atoms with van der Waals surface area (Å²) in [5.41, 5.74) is 1.80. The van der Waals surface area contributed by atoms with E-state index in [4.69, 9.17) is 29.8 Å². The van der Waals surface area contributed by atoms with Gasteiger partial charge in [-0.1, -0.05) is 68.1 Å². The van der Waals surface area contributed by atoms with E-state index in [0.29, 0.717) is 19.4 Å². The van der Waals surface area contributed by atoms with Gasteiger partial charge in [0, 0.05) is 49.3 Å². The van der Waals surface area contributed by atoms with Gasteiger partial charge in [-0.3, -0.25) is 19.7 Å². The highest BCUT2D eigenvalue weighted by Crippen LogP contribution is 2.37. The molecule has 0 bridgehead atoms. The fraction of sp³-hybridized carbons (Fsp3) is 0.500. The summed E-state index contributed by atoms with van der Waals surface area (Å²) in [5, 5.41) is 38.2. The van der Waals surface area contributed by atoms with Crippen LogP contribution in [0.4, 0.5) is 37.6 Å². The molecule has 3 aromatic carbocycles. The maximum Gasteiger partial charge on any atom is 0.513 e. The average Bonchev–Trinajstić information content (AvgIpc) is 4.19. The van der Waals surface area contributed by atoms with Crippen LogP contribution in [0.3, 0.4) is 0 Å². The highest BCUT2D eigenvalue weighted by atomic mass is 19.3. The van der Waals surface area contributed by atoms with E-state index in [1.165, 1.54) is 91.9 Å². The fourth-order valence-corrected chi connectivity index (χ4v) is 7.24. The Bertz CT molecular complexity index is 2810. The van der Waals surface area contributed by atoms with E-state index < -0.39 is 88.5 Å². The Morgan fingerprint density at radius 2 is 1.17 bits per heavy atom. The predicted molar refractivity (Wildman–Crippen MR) is 290 cm³/mol. The number of carbonyl (C=O) groups excluding carboxylic acids is 5. The van der Waals surface area contributed by atoms with Crippen LogP contribution in [0.15, 0.2) is 97.6 Å². The summed E-state index contributed by atoms with van der Waals surface area (Å²) in [7, 11) is 0. The van der Waals surface area contributed by atoms with Gasteiger partial charge in [0.15, 0.2) is 0 Å². The maximum atomic E-state index is 15.2. The minimum absolute atomic E-state index is 0. The normalized spacial score (nSPS) is 12.5. The van der Waals surface area contributed by atoms with Crippen molar-refractivity contribution in [2.24, 2.45) is 5.73 Å². The van der Waals surface area contributed by atoms with Gasteiger partial charge in [0.25, 0.3) is 17.5 Å². The lowest BCUT2D eigenvalue weighted by molar-refractivity contribution is -0.384. The number of alkyl halides is 4. The first-order valence-electron chi connectivity index (χ1n) is 25.7. The summed E-state index contributed by atoms with van der Waals surface area (Å²) in [5.74, 6) is -7.24. The zero-order valence-corrected chi connectivity index (χ0v) is 46.0. The van der Waals surface area contributed by atoms with Gasteiger partial charge in [-0.15, -0.1) is 0 Å². The van der Waals surface area contributed by atoms with E-state index >= 15 is 8.78 Å². The summed E-state index contributed by atoms with van der Waals surface area (Å²) >= 11 is 0. The molecule has 0 aliphatic carbocycles. The number of amides is 4. The summed E-state index contributed by atoms with van der Waals surface area (Å²) in [6.07, 6.45) is -0.619. The average molecular weight is 1160 g/mol. The molecule has 450 valence electrons. The third-order valence-electron chi connectivity index (χ3n) is 11.5. The topological polar surface area (TPSA) is 321 Å². The van der Waals surface area contributed by atoms with Gasteiger partial charge in [-0.05, 0) is 86.3 Å². The van der Waals surface area contributed by atoms with Crippen molar-refractivity contribution in [3.05, 3.63) is 130 Å². The number of ether oxygens (including phenoxy) is 4. The molecular weight excluding hydrogens is 1080 g/mol. The molecule has 2 aromatic heterocycles. The third kappa shape index (κ3) is 22.7. The summed E-state index contributed by atoms with van der Waals surface area (Å²) < 4.78 is 83.0. The van der Waals surface area contributed by atoms with Crippen molar-refractivity contribution >= 4 is 35.8 Å². The highest BCUT2D eigenvalue weighted by molar-refractivity contribution is 5.89. The van der Waals surface area contributed by atoms with Crippen LogP contribution >= 0.6 is 0 Å². The number of halogens is 4. The van der Waals surface area contributed by atoms with Gasteiger partial charge in [0.05, 0.1) is 35.6 Å². The van der Waals surface area contributed by atoms with Gasteiger partial charge in [-0.25, -0.2) is 51.3 Å². The lowest BCUT2D eigenvalue weighted by Crippen LogP contribution is -2.56. The van der Waals surface area contributed by atoms with Crippen LogP contribution in [0, 0.1) is 10.1 Å². The number of nitrogens with one attached hydrogen (secondary N) is 4. The number of nitro groups is 1. The molecule has 5 rings (SSSR count). The largest absolute Gasteiger partial charge is 0.513 e. The second-order valence-electron chi connectivity index (χ2n) is 20.4. The molecule has 0 aliphatic rings. The molecule has 7 N–H and O–H groups in total. The second-order valence-corrected chi connectivity index (χ2v) is 20.4. The molecule has 0 aliphatic heterocycles. The molecule has 28 heteroatoms. The molecule has 1 unspecified atom stereocenters. The third-order valence-corrected chi connectivity index (χ3v) is 11.5. The van der Waals surface area contributed by atoms with Crippen LogP contribution in [0.1, 0.15) is 129 Å². The van der Waals surface area contributed by atoms with Gasteiger partial charge in [-0.2, -0.15) is 10.2 Å². The number of non-ortho nitro benzene ring substituents is 1. The molecule has 24 nitrogen and oxygen atoms in total. The number of rotatable bonds is 27. The van der Waals surface area contributed by atoms with Crippen molar-refractivity contribution in [3.8, 4) is 5.75 Å². The molecule has 5 aromatic rings. The fourth-order valence-electron chi connectivity index (χ4n) is 7.24. The Hall–Kier alpha value is -8.27. The van der Waals surface area contributed by atoms with Gasteiger partial charge < -0.3 is 51.1 Å². The first-order chi connectivity index (χ1) is 38.0. The highest BCUT2D eigenvalue weighted by Gasteiger charge is 2.38. The van der Waals surface area contributed by atoms with Crippen LogP contribution < -0.4 is 31.7 Å². The molecule has 0 fully saturated rings. The zero-order chi connectivity index (χ0) is 60.0. The van der Waals surface area contributed by atoms with Crippen molar-refractivity contribution in [1.29, 1.82) is 0 Å². The SMILES string of the molecule is C.CC(C)(C)OC(=O)NC(C)(C)C(=O)NC(CCC(F)(F)c1ccccc1)c1ncnn1CCOC(=O)Oc1ccc([N+](=O)[O-])cc1.CC(C)(N)C(=O)N[C@H](CCC(F)(F)c1ccccc1)c1ncnn1CCOC(=O)NCCCCO. The van der Waals surface area contributed by atoms with E-state index in [0.717, 1.165) is 18.5 Å². The number of hydrogen-bond donors (Lipinski definition) is 6. The molecule has 0 spiro atoms. The quantitative estimate of drug-likeness (QED) is 0.00547. The number of aliphatic hydroxyl groups excluding tert-OH is 1. The number of benzene rings is 3. The minimum atomic E-state index is -3.25. The Morgan fingerprint density at radius 1 is 0.695 bits per heavy atom. The summed E-state index contributed by atoms with van der Waals surface area (Å²) in [4.78, 5) is 80.7. The van der Waals surface area contributed by atoms with Crippen LogP contribution in [0.2, 0.25) is 0 Å². The van der Waals surface area contributed by atoms with Crippen LogP contribution in [0.25, 0.3) is 0 Å². The van der Waals surface area contributed by atoms with E-state index in [-0.39, 0.29) is 87.4 Å². The van der Waals surface area contributed by atoms with Crippen LogP contribution in [-0.2, 0) is 48.7 Å². The molecule has 82 heavy (non-hydrogen) atoms. The standard InChI is InChI=1S/C30H36F2N6O8.C23H34F2N6O4.CH4/c1-28(2,3)46-26(40)36-29(4,5)25(39)35-23(15-16-30(31,32)20-9-7-6-8-10-20)24-33-19-34-37(24)17-18-44-27(41)45-22-13-11-21(12-14-22)38(42)43;1-22(2,26)20(33)30-18(10-11-23(24,25)17-8-4-3-5-9-17)19-28-16-29-31(19)13-15-35-21(34)27-12-6-7-14-32;/h6-14,19,23H,15-18H2,1-5H3,(H,35,39)(H,36,40);3-5,8-9,16,18,32H,6-7,10-15,26H2,1-2H3,(H,27,34)(H,30,33);1H4/t;18-;/m.1./s1. The monoisotopic (exact) mass is 1160 g/mol. The first kappa shape index (κ1) is 68.0. The number of aromatic nitrogens is 6. The Labute approximate surface area is 472 Å². The number of nitrogens with two attached hydrogens (primary N) is 1. The van der Waals surface area contributed by atoms with Crippen LogP contribution in [-0.4, -0.2) is 113 Å².